The number of fused-ring (bicyclic) bond motifs is 1. The molecule has 4 aromatic rings. The first-order valence-electron chi connectivity index (χ1n) is 10.4. The minimum Gasteiger partial charge on any atom is -0.483 e. The van der Waals surface area contributed by atoms with Crippen LogP contribution in [0, 0.1) is 13.8 Å². The molecule has 158 valence electrons. The van der Waals surface area contributed by atoms with Crippen LogP contribution in [-0.2, 0) is 4.79 Å². The monoisotopic (exact) mass is 414 g/mol. The molecule has 2 aromatic heterocycles. The molecule has 0 aliphatic rings. The zero-order valence-corrected chi connectivity index (χ0v) is 18.2. The van der Waals surface area contributed by atoms with Crippen molar-refractivity contribution in [1.82, 2.24) is 14.8 Å². The van der Waals surface area contributed by atoms with Gasteiger partial charge >= 0.3 is 0 Å². The number of anilines is 1. The lowest BCUT2D eigenvalue weighted by atomic mass is 10.0. The number of para-hydroxylation sites is 1. The van der Waals surface area contributed by atoms with E-state index in [1.807, 2.05) is 61.0 Å². The maximum Gasteiger partial charge on any atom is 0.262 e. The van der Waals surface area contributed by atoms with Crippen molar-refractivity contribution in [2.45, 2.75) is 33.6 Å². The highest BCUT2D eigenvalue weighted by Crippen LogP contribution is 2.27. The lowest BCUT2D eigenvalue weighted by molar-refractivity contribution is -0.118. The second-order valence-corrected chi connectivity index (χ2v) is 7.96. The van der Waals surface area contributed by atoms with E-state index < -0.39 is 0 Å². The molecule has 0 saturated heterocycles. The molecular formula is C25H26N4O2. The summed E-state index contributed by atoms with van der Waals surface area (Å²) in [5.74, 6) is 0.832. The highest BCUT2D eigenvalue weighted by Gasteiger charge is 2.14. The zero-order chi connectivity index (χ0) is 22.0. The number of pyridine rings is 1. The van der Waals surface area contributed by atoms with Gasteiger partial charge in [-0.25, -0.2) is 9.67 Å². The second-order valence-electron chi connectivity index (χ2n) is 7.96. The van der Waals surface area contributed by atoms with E-state index in [9.17, 15) is 4.79 Å². The summed E-state index contributed by atoms with van der Waals surface area (Å²) in [7, 11) is 0. The minimum atomic E-state index is -0.231. The van der Waals surface area contributed by atoms with Gasteiger partial charge in [0.15, 0.2) is 12.3 Å². The van der Waals surface area contributed by atoms with Crippen LogP contribution < -0.4 is 10.1 Å². The normalized spacial score (nSPS) is 11.1. The molecule has 0 atom stereocenters. The van der Waals surface area contributed by atoms with Gasteiger partial charge in [-0.3, -0.25) is 4.79 Å². The molecule has 0 spiro atoms. The quantitative estimate of drug-likeness (QED) is 0.472. The van der Waals surface area contributed by atoms with E-state index in [4.69, 9.17) is 4.74 Å². The third-order valence-corrected chi connectivity index (χ3v) is 5.14. The standard InChI is InChI=1S/C25H26N4O2/c1-16(2)21-11-10-17(3)12-23(21)31-15-24(30)27-19-13-22-18(4)28-29(25(22)26-14-19)20-8-6-5-7-9-20/h5-14,16H,15H2,1-4H3,(H,27,30). The fraction of sp³-hybridized carbons (Fsp3) is 0.240. The molecule has 0 radical (unpaired) electrons. The maximum absolute atomic E-state index is 12.5. The van der Waals surface area contributed by atoms with Crippen LogP contribution in [0.2, 0.25) is 0 Å². The van der Waals surface area contributed by atoms with Crippen molar-refractivity contribution in [3.05, 3.63) is 77.6 Å². The van der Waals surface area contributed by atoms with Gasteiger partial charge in [-0.1, -0.05) is 44.2 Å². The van der Waals surface area contributed by atoms with Crippen molar-refractivity contribution in [3.8, 4) is 11.4 Å². The number of nitrogens with one attached hydrogen (secondary N) is 1. The largest absolute Gasteiger partial charge is 0.483 e. The molecule has 1 amide bonds. The fourth-order valence-corrected chi connectivity index (χ4v) is 3.55. The van der Waals surface area contributed by atoms with Gasteiger partial charge in [-0.2, -0.15) is 5.10 Å². The van der Waals surface area contributed by atoms with Gasteiger partial charge in [0, 0.05) is 5.39 Å². The summed E-state index contributed by atoms with van der Waals surface area (Å²) in [4.78, 5) is 17.1. The first-order chi connectivity index (χ1) is 14.9. The minimum absolute atomic E-state index is 0.0660. The molecule has 1 N–H and O–H groups in total. The van der Waals surface area contributed by atoms with Crippen molar-refractivity contribution in [3.63, 3.8) is 0 Å². The number of hydrogen-bond donors (Lipinski definition) is 1. The zero-order valence-electron chi connectivity index (χ0n) is 18.2. The smallest absolute Gasteiger partial charge is 0.262 e. The van der Waals surface area contributed by atoms with E-state index in [0.717, 1.165) is 39.3 Å². The molecule has 6 nitrogen and oxygen atoms in total. The number of rotatable bonds is 6. The first-order valence-corrected chi connectivity index (χ1v) is 10.4. The molecule has 0 saturated carbocycles. The van der Waals surface area contributed by atoms with E-state index in [0.29, 0.717) is 11.6 Å². The number of nitrogens with zero attached hydrogens (tertiary/aromatic N) is 3. The number of carbonyl (C=O) groups excluding carboxylic acids is 1. The average molecular weight is 415 g/mol. The molecule has 4 rings (SSSR count). The summed E-state index contributed by atoms with van der Waals surface area (Å²) in [6, 6.07) is 17.8. The summed E-state index contributed by atoms with van der Waals surface area (Å²) in [6.07, 6.45) is 1.65. The van der Waals surface area contributed by atoms with Crippen molar-refractivity contribution >= 4 is 22.6 Å². The Balaban J connectivity index is 1.50. The van der Waals surface area contributed by atoms with Crippen molar-refractivity contribution in [1.29, 1.82) is 0 Å². The van der Waals surface area contributed by atoms with Crippen LogP contribution in [0.3, 0.4) is 0 Å². The van der Waals surface area contributed by atoms with Gasteiger partial charge in [0.25, 0.3) is 5.91 Å². The summed E-state index contributed by atoms with van der Waals surface area (Å²) in [5.41, 5.74) is 5.34. The number of aromatic nitrogens is 3. The predicted octanol–water partition coefficient (Wildman–Crippen LogP) is 5.18. The molecule has 2 aromatic carbocycles. The van der Waals surface area contributed by atoms with Gasteiger partial charge in [0.2, 0.25) is 0 Å². The number of ether oxygens (including phenoxy) is 1. The topological polar surface area (TPSA) is 69.0 Å². The van der Waals surface area contributed by atoms with Crippen LogP contribution in [0.5, 0.6) is 5.75 Å². The van der Waals surface area contributed by atoms with Crippen LogP contribution in [0.25, 0.3) is 16.7 Å². The summed E-state index contributed by atoms with van der Waals surface area (Å²) >= 11 is 0. The molecule has 0 unspecified atom stereocenters. The fourth-order valence-electron chi connectivity index (χ4n) is 3.55. The molecule has 0 bridgehead atoms. The molecule has 0 fully saturated rings. The number of hydrogen-bond acceptors (Lipinski definition) is 4. The van der Waals surface area contributed by atoms with Gasteiger partial charge in [-0.05, 0) is 55.2 Å². The molecular weight excluding hydrogens is 388 g/mol. The highest BCUT2D eigenvalue weighted by atomic mass is 16.5. The summed E-state index contributed by atoms with van der Waals surface area (Å²) in [6.45, 7) is 8.09. The van der Waals surface area contributed by atoms with Gasteiger partial charge in [0.05, 0.1) is 23.3 Å². The Morgan fingerprint density at radius 2 is 1.87 bits per heavy atom. The molecule has 31 heavy (non-hydrogen) atoms. The predicted molar refractivity (Wildman–Crippen MR) is 123 cm³/mol. The second kappa shape index (κ2) is 8.60. The number of amides is 1. The van der Waals surface area contributed by atoms with Crippen molar-refractivity contribution < 1.29 is 9.53 Å². The Bertz CT molecular complexity index is 1230. The Kier molecular flexibility index (Phi) is 5.71. The lowest BCUT2D eigenvalue weighted by Gasteiger charge is -2.14. The molecule has 0 aliphatic carbocycles. The van der Waals surface area contributed by atoms with Gasteiger partial charge in [0.1, 0.15) is 5.75 Å². The Morgan fingerprint density at radius 3 is 2.61 bits per heavy atom. The van der Waals surface area contributed by atoms with Crippen molar-refractivity contribution in [2.75, 3.05) is 11.9 Å². The third kappa shape index (κ3) is 4.43. The van der Waals surface area contributed by atoms with E-state index in [2.05, 4.69) is 41.4 Å². The highest BCUT2D eigenvalue weighted by molar-refractivity contribution is 5.94. The van der Waals surface area contributed by atoms with Crippen LogP contribution in [0.4, 0.5) is 5.69 Å². The van der Waals surface area contributed by atoms with E-state index >= 15 is 0 Å². The molecule has 6 heteroatoms. The van der Waals surface area contributed by atoms with Crippen LogP contribution >= 0.6 is 0 Å². The Hall–Kier alpha value is -3.67. The number of carbonyl (C=O) groups is 1. The van der Waals surface area contributed by atoms with Crippen LogP contribution in [-0.4, -0.2) is 27.3 Å². The lowest BCUT2D eigenvalue weighted by Crippen LogP contribution is -2.20. The molecule has 2 heterocycles. The number of aryl methyl sites for hydroxylation is 2. The molecule has 0 aliphatic heterocycles. The van der Waals surface area contributed by atoms with E-state index in [1.165, 1.54) is 0 Å². The summed E-state index contributed by atoms with van der Waals surface area (Å²) in [5, 5.41) is 8.38. The van der Waals surface area contributed by atoms with Crippen LogP contribution in [0.1, 0.15) is 36.6 Å². The van der Waals surface area contributed by atoms with E-state index in [-0.39, 0.29) is 12.5 Å². The maximum atomic E-state index is 12.5. The Labute approximate surface area is 181 Å². The SMILES string of the molecule is Cc1ccc(C(C)C)c(OCC(=O)Nc2cnc3c(c2)c(C)nn3-c2ccccc2)c1. The van der Waals surface area contributed by atoms with Crippen LogP contribution in [0.15, 0.2) is 60.8 Å². The first kappa shape index (κ1) is 20.6. The Morgan fingerprint density at radius 1 is 1.10 bits per heavy atom. The van der Waals surface area contributed by atoms with E-state index in [1.54, 1.807) is 6.20 Å². The van der Waals surface area contributed by atoms with Crippen molar-refractivity contribution in [2.24, 2.45) is 0 Å². The van der Waals surface area contributed by atoms with Gasteiger partial charge < -0.3 is 10.1 Å². The average Bonchev–Trinajstić information content (AvgIpc) is 3.09. The third-order valence-electron chi connectivity index (χ3n) is 5.14. The summed E-state index contributed by atoms with van der Waals surface area (Å²) < 4.78 is 7.65. The number of benzene rings is 2. The van der Waals surface area contributed by atoms with Gasteiger partial charge in [-0.15, -0.1) is 0 Å².